The van der Waals surface area contributed by atoms with Crippen LogP contribution in [0.2, 0.25) is 5.02 Å². The van der Waals surface area contributed by atoms with Crippen LogP contribution in [-0.4, -0.2) is 24.2 Å². The summed E-state index contributed by atoms with van der Waals surface area (Å²) in [6.45, 7) is 3.33. The lowest BCUT2D eigenvalue weighted by molar-refractivity contribution is 0.295. The first kappa shape index (κ1) is 13.9. The Hall–Kier alpha value is -1.52. The van der Waals surface area contributed by atoms with Crippen molar-refractivity contribution >= 4 is 11.6 Å². The van der Waals surface area contributed by atoms with Crippen molar-refractivity contribution in [2.24, 2.45) is 0 Å². The van der Waals surface area contributed by atoms with Gasteiger partial charge in [-0.1, -0.05) is 16.8 Å². The predicted molar refractivity (Wildman–Crippen MR) is 74.4 cm³/mol. The van der Waals surface area contributed by atoms with Gasteiger partial charge in [-0.25, -0.2) is 0 Å². The summed E-state index contributed by atoms with van der Waals surface area (Å²) in [7, 11) is 3.68. The number of ether oxygens (including phenoxy) is 1. The first-order chi connectivity index (χ1) is 9.08. The van der Waals surface area contributed by atoms with Crippen molar-refractivity contribution in [1.82, 2.24) is 10.1 Å². The Morgan fingerprint density at radius 2 is 2.11 bits per heavy atom. The van der Waals surface area contributed by atoms with E-state index in [4.69, 9.17) is 20.9 Å². The Bertz CT molecular complexity index is 554. The molecule has 5 heteroatoms. The molecule has 0 aliphatic heterocycles. The summed E-state index contributed by atoms with van der Waals surface area (Å²) in [5, 5.41) is 4.69. The molecule has 0 spiro atoms. The Balaban J connectivity index is 2.05. The molecule has 0 amide bonds. The number of aromatic nitrogens is 1. The molecular weight excluding hydrogens is 264 g/mol. The average Bonchev–Trinajstić information content (AvgIpc) is 2.75. The van der Waals surface area contributed by atoms with Crippen LogP contribution in [0.25, 0.3) is 0 Å². The highest BCUT2D eigenvalue weighted by Crippen LogP contribution is 2.24. The van der Waals surface area contributed by atoms with Gasteiger partial charge in [-0.15, -0.1) is 0 Å². The molecule has 0 aliphatic rings. The second kappa shape index (κ2) is 6.08. The Morgan fingerprint density at radius 3 is 2.74 bits per heavy atom. The van der Waals surface area contributed by atoms with Gasteiger partial charge in [0.1, 0.15) is 11.5 Å². The summed E-state index contributed by atoms with van der Waals surface area (Å²) in [6.07, 6.45) is 0. The van der Waals surface area contributed by atoms with E-state index in [-0.39, 0.29) is 0 Å². The molecule has 0 atom stereocenters. The lowest BCUT2D eigenvalue weighted by atomic mass is 10.2. The van der Waals surface area contributed by atoms with Gasteiger partial charge in [-0.2, -0.15) is 0 Å². The van der Waals surface area contributed by atoms with E-state index in [1.807, 2.05) is 38.2 Å². The van der Waals surface area contributed by atoms with Gasteiger partial charge in [-0.05, 0) is 32.2 Å². The van der Waals surface area contributed by atoms with Crippen LogP contribution in [0.1, 0.15) is 17.0 Å². The Morgan fingerprint density at radius 1 is 1.32 bits per heavy atom. The van der Waals surface area contributed by atoms with Gasteiger partial charge in [0, 0.05) is 29.7 Å². The van der Waals surface area contributed by atoms with Gasteiger partial charge in [0.25, 0.3) is 0 Å². The summed E-state index contributed by atoms with van der Waals surface area (Å²) >= 11 is 6.02. The summed E-state index contributed by atoms with van der Waals surface area (Å²) in [6, 6.07) is 7.56. The average molecular weight is 281 g/mol. The molecule has 1 heterocycles. The van der Waals surface area contributed by atoms with Gasteiger partial charge < -0.3 is 9.26 Å². The van der Waals surface area contributed by atoms with Crippen molar-refractivity contribution in [3.8, 4) is 5.75 Å². The monoisotopic (exact) mass is 280 g/mol. The van der Waals surface area contributed by atoms with E-state index in [1.165, 1.54) is 0 Å². The van der Waals surface area contributed by atoms with Gasteiger partial charge in [-0.3, -0.25) is 4.90 Å². The molecule has 0 aliphatic carbocycles. The highest BCUT2D eigenvalue weighted by molar-refractivity contribution is 6.30. The third kappa shape index (κ3) is 3.72. The van der Waals surface area contributed by atoms with Crippen molar-refractivity contribution in [2.45, 2.75) is 20.0 Å². The van der Waals surface area contributed by atoms with Gasteiger partial charge in [0.2, 0.25) is 0 Å². The highest BCUT2D eigenvalue weighted by Gasteiger charge is 2.09. The minimum atomic E-state index is 0.710. The number of aryl methyl sites for hydroxylation is 1. The number of hydrogen-bond donors (Lipinski definition) is 0. The molecular formula is C14H17ClN2O2. The third-order valence-corrected chi connectivity index (χ3v) is 3.03. The molecule has 2 rings (SSSR count). The number of methoxy groups -OCH3 is 1. The van der Waals surface area contributed by atoms with Crippen LogP contribution in [0.3, 0.4) is 0 Å². The molecule has 102 valence electrons. The summed E-state index contributed by atoms with van der Waals surface area (Å²) in [5.41, 5.74) is 1.97. The van der Waals surface area contributed by atoms with E-state index in [9.17, 15) is 0 Å². The first-order valence-electron chi connectivity index (χ1n) is 6.01. The van der Waals surface area contributed by atoms with Crippen LogP contribution in [0, 0.1) is 6.92 Å². The minimum Gasteiger partial charge on any atom is -0.496 e. The van der Waals surface area contributed by atoms with Crippen LogP contribution in [0.5, 0.6) is 5.75 Å². The fourth-order valence-corrected chi connectivity index (χ4v) is 2.18. The normalized spacial score (nSPS) is 11.0. The second-order valence-electron chi connectivity index (χ2n) is 4.56. The van der Waals surface area contributed by atoms with Crippen LogP contribution < -0.4 is 4.74 Å². The van der Waals surface area contributed by atoms with Crippen molar-refractivity contribution < 1.29 is 9.26 Å². The third-order valence-electron chi connectivity index (χ3n) is 2.79. The van der Waals surface area contributed by atoms with Crippen molar-refractivity contribution in [1.29, 1.82) is 0 Å². The van der Waals surface area contributed by atoms with Crippen LogP contribution in [0.15, 0.2) is 28.8 Å². The predicted octanol–water partition coefficient (Wildman–Crippen LogP) is 3.28. The highest BCUT2D eigenvalue weighted by atomic mass is 35.5. The number of benzene rings is 1. The zero-order valence-corrected chi connectivity index (χ0v) is 12.1. The fourth-order valence-electron chi connectivity index (χ4n) is 1.99. The van der Waals surface area contributed by atoms with E-state index in [1.54, 1.807) is 7.11 Å². The molecule has 0 unspecified atom stereocenters. The molecule has 4 nitrogen and oxygen atoms in total. The van der Waals surface area contributed by atoms with Crippen molar-refractivity contribution in [2.75, 3.05) is 14.2 Å². The Kier molecular flexibility index (Phi) is 4.45. The summed E-state index contributed by atoms with van der Waals surface area (Å²) in [4.78, 5) is 2.13. The van der Waals surface area contributed by atoms with Gasteiger partial charge >= 0.3 is 0 Å². The molecule has 1 aromatic heterocycles. The summed E-state index contributed by atoms with van der Waals surface area (Å²) in [5.74, 6) is 1.66. The van der Waals surface area contributed by atoms with E-state index in [0.717, 1.165) is 29.3 Å². The SMILES string of the molecule is COc1ccc(Cl)cc1CN(C)Cc1cc(C)on1. The first-order valence-corrected chi connectivity index (χ1v) is 6.39. The largest absolute Gasteiger partial charge is 0.496 e. The molecule has 0 radical (unpaired) electrons. The maximum absolute atomic E-state index is 6.02. The molecule has 0 saturated heterocycles. The maximum atomic E-state index is 6.02. The number of rotatable bonds is 5. The maximum Gasteiger partial charge on any atom is 0.133 e. The fraction of sp³-hybridized carbons (Fsp3) is 0.357. The smallest absolute Gasteiger partial charge is 0.133 e. The van der Waals surface area contributed by atoms with E-state index in [0.29, 0.717) is 11.6 Å². The standard InChI is InChI=1S/C14H17ClN2O2/c1-10-6-13(16-19-10)9-17(2)8-11-7-12(15)4-5-14(11)18-3/h4-7H,8-9H2,1-3H3. The lowest BCUT2D eigenvalue weighted by Crippen LogP contribution is -2.17. The molecule has 2 aromatic rings. The number of hydrogen-bond acceptors (Lipinski definition) is 4. The van der Waals surface area contributed by atoms with E-state index >= 15 is 0 Å². The van der Waals surface area contributed by atoms with Crippen LogP contribution >= 0.6 is 11.6 Å². The second-order valence-corrected chi connectivity index (χ2v) is 4.99. The molecule has 0 saturated carbocycles. The molecule has 0 fully saturated rings. The van der Waals surface area contributed by atoms with Crippen molar-refractivity contribution in [3.63, 3.8) is 0 Å². The topological polar surface area (TPSA) is 38.5 Å². The summed E-state index contributed by atoms with van der Waals surface area (Å²) < 4.78 is 10.4. The minimum absolute atomic E-state index is 0.710. The number of nitrogens with zero attached hydrogens (tertiary/aromatic N) is 2. The zero-order valence-electron chi connectivity index (χ0n) is 11.3. The zero-order chi connectivity index (χ0) is 13.8. The van der Waals surface area contributed by atoms with Crippen LogP contribution in [-0.2, 0) is 13.1 Å². The number of halogens is 1. The molecule has 0 bridgehead atoms. The molecule has 19 heavy (non-hydrogen) atoms. The molecule has 1 aromatic carbocycles. The lowest BCUT2D eigenvalue weighted by Gasteiger charge is -2.17. The molecule has 0 N–H and O–H groups in total. The van der Waals surface area contributed by atoms with Gasteiger partial charge in [0.15, 0.2) is 0 Å². The van der Waals surface area contributed by atoms with Crippen LogP contribution in [0.4, 0.5) is 0 Å². The van der Waals surface area contributed by atoms with E-state index < -0.39 is 0 Å². The van der Waals surface area contributed by atoms with Crippen molar-refractivity contribution in [3.05, 3.63) is 46.3 Å². The Labute approximate surface area is 117 Å². The quantitative estimate of drug-likeness (QED) is 0.842. The van der Waals surface area contributed by atoms with Gasteiger partial charge in [0.05, 0.1) is 12.8 Å². The van der Waals surface area contributed by atoms with E-state index in [2.05, 4.69) is 10.1 Å².